The molecule has 0 spiro atoms. The zero-order valence-electron chi connectivity index (χ0n) is 28.3. The molecule has 1 aliphatic carbocycles. The number of methoxy groups -OCH3 is 1. The number of anilines is 1. The Morgan fingerprint density at radius 1 is 1.13 bits per heavy atom. The number of amides is 2. The fourth-order valence-corrected chi connectivity index (χ4v) is 5.72. The maximum atomic E-state index is 13.6. The number of benzene rings is 2. The first-order chi connectivity index (χ1) is 21.5. The lowest BCUT2D eigenvalue weighted by Crippen LogP contribution is -2.31. The monoisotopic (exact) mass is 611 g/mol. The van der Waals surface area contributed by atoms with Gasteiger partial charge in [0.1, 0.15) is 5.57 Å². The second-order valence-corrected chi connectivity index (χ2v) is 11.3. The summed E-state index contributed by atoms with van der Waals surface area (Å²) in [5, 5.41) is 3.06. The number of nitrogens with zero attached hydrogens (tertiary/aromatic N) is 3. The van der Waals surface area contributed by atoms with Gasteiger partial charge in [0, 0.05) is 50.2 Å². The SMILES string of the molecule is C=CN(C)C(=O)/C(=C\N(C)C)C(=O)Nc1cccc(-c2cccc(-c3cc4c(c(OC)n3)C(N)CC4)c2C)c1C(C)CC.CC. The van der Waals surface area contributed by atoms with Gasteiger partial charge < -0.3 is 25.6 Å². The van der Waals surface area contributed by atoms with Gasteiger partial charge in [-0.05, 0) is 78.3 Å². The van der Waals surface area contributed by atoms with Gasteiger partial charge in [0.25, 0.3) is 11.8 Å². The second kappa shape index (κ2) is 15.5. The lowest BCUT2D eigenvalue weighted by atomic mass is 9.85. The van der Waals surface area contributed by atoms with Gasteiger partial charge in [-0.3, -0.25) is 9.59 Å². The fourth-order valence-electron chi connectivity index (χ4n) is 5.72. The van der Waals surface area contributed by atoms with Gasteiger partial charge in [0.05, 0.1) is 12.8 Å². The number of likely N-dealkylation sites (N-methyl/N-ethyl adjacent to an activating group) is 1. The standard InChI is InChI=1S/C35H43N5O3.C2H6/c1-9-21(3)31-26(15-12-16-29(31)37-33(41)27(20-39(5)6)35(42)40(7)10-2)24-13-11-14-25(22(24)4)30-19-23-17-18-28(36)32(23)34(38-30)43-8;1-2/h10-16,19-21,28H,2,9,17-18,36H2,1,3-8H3,(H,37,41);1-2H3/b27-20-;. The third-order valence-electron chi connectivity index (χ3n) is 8.21. The van der Waals surface area contributed by atoms with Crippen molar-refractivity contribution in [2.45, 2.75) is 65.8 Å². The maximum Gasteiger partial charge on any atom is 0.264 e. The summed E-state index contributed by atoms with van der Waals surface area (Å²) >= 11 is 0. The molecule has 2 amide bonds. The molecule has 0 saturated carbocycles. The topological polar surface area (TPSA) is 101 Å². The number of carbonyl (C=O) groups is 2. The molecule has 2 atom stereocenters. The zero-order chi connectivity index (χ0) is 33.4. The molecule has 240 valence electrons. The molecule has 1 heterocycles. The van der Waals surface area contributed by atoms with Crippen LogP contribution in [-0.2, 0) is 16.0 Å². The summed E-state index contributed by atoms with van der Waals surface area (Å²) in [5.41, 5.74) is 15.2. The summed E-state index contributed by atoms with van der Waals surface area (Å²) in [4.78, 5) is 34.5. The van der Waals surface area contributed by atoms with Crippen LogP contribution in [0.4, 0.5) is 5.69 Å². The molecule has 0 radical (unpaired) electrons. The zero-order valence-corrected chi connectivity index (χ0v) is 28.3. The Labute approximate surface area is 269 Å². The van der Waals surface area contributed by atoms with Crippen molar-refractivity contribution < 1.29 is 14.3 Å². The van der Waals surface area contributed by atoms with Crippen molar-refractivity contribution in [1.82, 2.24) is 14.8 Å². The lowest BCUT2D eigenvalue weighted by Gasteiger charge is -2.23. The average Bonchev–Trinajstić information content (AvgIpc) is 3.43. The molecule has 3 N–H and O–H groups in total. The van der Waals surface area contributed by atoms with E-state index in [1.165, 1.54) is 22.9 Å². The molecule has 4 rings (SSSR count). The number of aryl methyl sites for hydroxylation is 1. The molecule has 0 saturated heterocycles. The fraction of sp³-hybridized carbons (Fsp3) is 0.378. The summed E-state index contributed by atoms with van der Waals surface area (Å²) in [7, 11) is 6.76. The van der Waals surface area contributed by atoms with Crippen LogP contribution in [0, 0.1) is 6.92 Å². The van der Waals surface area contributed by atoms with E-state index in [1.54, 1.807) is 33.2 Å². The highest BCUT2D eigenvalue weighted by atomic mass is 16.5. The van der Waals surface area contributed by atoms with Crippen molar-refractivity contribution in [1.29, 1.82) is 0 Å². The van der Waals surface area contributed by atoms with E-state index in [9.17, 15) is 9.59 Å². The molecule has 0 aliphatic heterocycles. The van der Waals surface area contributed by atoms with E-state index in [-0.39, 0.29) is 17.5 Å². The van der Waals surface area contributed by atoms with Crippen LogP contribution >= 0.6 is 0 Å². The number of pyridine rings is 1. The molecular weight excluding hydrogens is 562 g/mol. The van der Waals surface area contributed by atoms with Crippen LogP contribution in [0.5, 0.6) is 5.88 Å². The molecule has 8 nitrogen and oxygen atoms in total. The molecular formula is C37H49N5O3. The second-order valence-electron chi connectivity index (χ2n) is 11.3. The van der Waals surface area contributed by atoms with Crippen LogP contribution in [0.25, 0.3) is 22.4 Å². The minimum Gasteiger partial charge on any atom is -0.481 e. The predicted octanol–water partition coefficient (Wildman–Crippen LogP) is 7.20. The van der Waals surface area contributed by atoms with E-state index in [0.717, 1.165) is 58.3 Å². The first-order valence-electron chi connectivity index (χ1n) is 15.7. The lowest BCUT2D eigenvalue weighted by molar-refractivity contribution is -0.126. The van der Waals surface area contributed by atoms with Crippen LogP contribution in [-0.4, -0.2) is 54.9 Å². The first-order valence-corrected chi connectivity index (χ1v) is 15.7. The minimum atomic E-state index is -0.479. The number of hydrogen-bond donors (Lipinski definition) is 2. The van der Waals surface area contributed by atoms with E-state index in [4.69, 9.17) is 15.5 Å². The largest absolute Gasteiger partial charge is 0.481 e. The van der Waals surface area contributed by atoms with Crippen molar-refractivity contribution in [2.24, 2.45) is 5.73 Å². The van der Waals surface area contributed by atoms with E-state index in [1.807, 2.05) is 32.0 Å². The quantitative estimate of drug-likeness (QED) is 0.143. The first kappa shape index (κ1) is 35.1. The number of aromatic nitrogens is 1. The van der Waals surface area contributed by atoms with Crippen LogP contribution in [0.15, 0.2) is 67.0 Å². The smallest absolute Gasteiger partial charge is 0.264 e. The number of hydrogen-bond acceptors (Lipinski definition) is 6. The molecule has 2 aromatic carbocycles. The number of ether oxygens (including phenoxy) is 1. The van der Waals surface area contributed by atoms with Gasteiger partial charge in [-0.1, -0.05) is 64.6 Å². The van der Waals surface area contributed by atoms with E-state index in [2.05, 4.69) is 56.9 Å². The van der Waals surface area contributed by atoms with Crippen LogP contribution in [0.1, 0.15) is 74.8 Å². The highest BCUT2D eigenvalue weighted by Gasteiger charge is 2.27. The molecule has 0 fully saturated rings. The van der Waals surface area contributed by atoms with Crippen molar-refractivity contribution in [3.8, 4) is 28.3 Å². The number of rotatable bonds is 10. The van der Waals surface area contributed by atoms with Gasteiger partial charge in [0.2, 0.25) is 5.88 Å². The predicted molar refractivity (Wildman–Crippen MR) is 185 cm³/mol. The summed E-state index contributed by atoms with van der Waals surface area (Å²) < 4.78 is 5.67. The molecule has 8 heteroatoms. The minimum absolute atomic E-state index is 0.0161. The Morgan fingerprint density at radius 2 is 1.78 bits per heavy atom. The Balaban J connectivity index is 0.00000271. The van der Waals surface area contributed by atoms with Gasteiger partial charge in [-0.15, -0.1) is 0 Å². The van der Waals surface area contributed by atoms with E-state index < -0.39 is 11.8 Å². The Hall–Kier alpha value is -4.43. The highest BCUT2D eigenvalue weighted by molar-refractivity contribution is 6.23. The van der Waals surface area contributed by atoms with Gasteiger partial charge in [0.15, 0.2) is 0 Å². The summed E-state index contributed by atoms with van der Waals surface area (Å²) in [6.45, 7) is 14.0. The number of nitrogens with two attached hydrogens (primary N) is 1. The summed E-state index contributed by atoms with van der Waals surface area (Å²) in [6.07, 6.45) is 5.56. The van der Waals surface area contributed by atoms with Crippen LogP contribution < -0.4 is 15.8 Å². The molecule has 2 unspecified atom stereocenters. The van der Waals surface area contributed by atoms with Crippen molar-refractivity contribution >= 4 is 17.5 Å². The molecule has 0 bridgehead atoms. The molecule has 45 heavy (non-hydrogen) atoms. The van der Waals surface area contributed by atoms with Crippen LogP contribution in [0.3, 0.4) is 0 Å². The van der Waals surface area contributed by atoms with Gasteiger partial charge in [-0.2, -0.15) is 0 Å². The Bertz CT molecular complexity index is 1580. The maximum absolute atomic E-state index is 13.6. The normalized spacial score (nSPS) is 14.4. The number of carbonyl (C=O) groups excluding carboxylic acids is 2. The third kappa shape index (κ3) is 7.45. The van der Waals surface area contributed by atoms with Crippen molar-refractivity contribution in [2.75, 3.05) is 33.6 Å². The average molecular weight is 612 g/mol. The number of fused-ring (bicyclic) bond motifs is 1. The molecule has 1 aromatic heterocycles. The Kier molecular flexibility index (Phi) is 12.1. The third-order valence-corrected chi connectivity index (χ3v) is 8.21. The van der Waals surface area contributed by atoms with E-state index in [0.29, 0.717) is 11.6 Å². The van der Waals surface area contributed by atoms with Gasteiger partial charge >= 0.3 is 0 Å². The molecule has 3 aromatic rings. The highest BCUT2D eigenvalue weighted by Crippen LogP contribution is 2.42. The summed E-state index contributed by atoms with van der Waals surface area (Å²) in [5.74, 6) is -0.205. The Morgan fingerprint density at radius 3 is 2.40 bits per heavy atom. The van der Waals surface area contributed by atoms with Gasteiger partial charge in [-0.25, -0.2) is 4.98 Å². The summed E-state index contributed by atoms with van der Waals surface area (Å²) in [6, 6.07) is 14.2. The number of nitrogens with one attached hydrogen (secondary N) is 1. The van der Waals surface area contributed by atoms with Crippen molar-refractivity contribution in [3.05, 3.63) is 89.3 Å². The van der Waals surface area contributed by atoms with E-state index >= 15 is 0 Å². The van der Waals surface area contributed by atoms with Crippen LogP contribution in [0.2, 0.25) is 0 Å². The molecule has 1 aliphatic rings. The van der Waals surface area contributed by atoms with Crippen molar-refractivity contribution in [3.63, 3.8) is 0 Å².